The van der Waals surface area contributed by atoms with Crippen LogP contribution in [0.5, 0.6) is 5.75 Å². The Kier molecular flexibility index (Phi) is 5.69. The SMILES string of the molecule is CCCCN(CC)S(=O)(=O)c1ccc2c(c1)NCC(CC)O2. The summed E-state index contributed by atoms with van der Waals surface area (Å²) < 4.78 is 32.8. The maximum absolute atomic E-state index is 12.7. The van der Waals surface area contributed by atoms with E-state index in [0.29, 0.717) is 24.5 Å². The summed E-state index contributed by atoms with van der Waals surface area (Å²) in [7, 11) is -3.44. The van der Waals surface area contributed by atoms with Gasteiger partial charge in [0.25, 0.3) is 0 Å². The highest BCUT2D eigenvalue weighted by Crippen LogP contribution is 2.32. The van der Waals surface area contributed by atoms with Crippen LogP contribution in [0.1, 0.15) is 40.0 Å². The molecule has 1 N–H and O–H groups in total. The van der Waals surface area contributed by atoms with Crippen LogP contribution in [-0.4, -0.2) is 38.5 Å². The van der Waals surface area contributed by atoms with Gasteiger partial charge in [-0.2, -0.15) is 4.31 Å². The van der Waals surface area contributed by atoms with Gasteiger partial charge in [0, 0.05) is 13.1 Å². The van der Waals surface area contributed by atoms with E-state index < -0.39 is 10.0 Å². The Morgan fingerprint density at radius 3 is 2.73 bits per heavy atom. The molecule has 0 fully saturated rings. The molecule has 0 saturated heterocycles. The fourth-order valence-corrected chi connectivity index (χ4v) is 4.03. The third-order valence-corrected chi connectivity index (χ3v) is 5.94. The van der Waals surface area contributed by atoms with E-state index in [1.165, 1.54) is 4.31 Å². The van der Waals surface area contributed by atoms with Crippen LogP contribution in [0, 0.1) is 0 Å². The van der Waals surface area contributed by atoms with Crippen molar-refractivity contribution in [1.82, 2.24) is 4.31 Å². The summed E-state index contributed by atoms with van der Waals surface area (Å²) in [6, 6.07) is 5.08. The zero-order chi connectivity index (χ0) is 16.2. The third kappa shape index (κ3) is 3.55. The summed E-state index contributed by atoms with van der Waals surface area (Å²) in [5.41, 5.74) is 0.761. The molecule has 124 valence electrons. The molecule has 0 spiro atoms. The highest BCUT2D eigenvalue weighted by Gasteiger charge is 2.25. The van der Waals surface area contributed by atoms with Crippen molar-refractivity contribution in [2.45, 2.75) is 51.0 Å². The number of hydrogen-bond donors (Lipinski definition) is 1. The predicted molar refractivity (Wildman–Crippen MR) is 89.0 cm³/mol. The number of nitrogens with zero attached hydrogens (tertiary/aromatic N) is 1. The molecule has 1 unspecified atom stereocenters. The van der Waals surface area contributed by atoms with E-state index in [1.54, 1.807) is 18.2 Å². The second-order valence-electron chi connectivity index (χ2n) is 5.54. The smallest absolute Gasteiger partial charge is 0.243 e. The first-order valence-electron chi connectivity index (χ1n) is 8.07. The van der Waals surface area contributed by atoms with Gasteiger partial charge in [-0.1, -0.05) is 27.2 Å². The van der Waals surface area contributed by atoms with Crippen molar-refractivity contribution in [2.75, 3.05) is 25.0 Å². The van der Waals surface area contributed by atoms with E-state index in [9.17, 15) is 8.42 Å². The van der Waals surface area contributed by atoms with Crippen LogP contribution in [-0.2, 0) is 10.0 Å². The van der Waals surface area contributed by atoms with Gasteiger partial charge in [-0.3, -0.25) is 0 Å². The van der Waals surface area contributed by atoms with Gasteiger partial charge in [-0.05, 0) is 31.0 Å². The molecule has 0 aromatic heterocycles. The second-order valence-corrected chi connectivity index (χ2v) is 7.48. The summed E-state index contributed by atoms with van der Waals surface area (Å²) in [4.78, 5) is 0.329. The molecule has 1 aliphatic rings. The van der Waals surface area contributed by atoms with Crippen LogP contribution in [0.2, 0.25) is 0 Å². The number of hydrogen-bond acceptors (Lipinski definition) is 4. The summed E-state index contributed by atoms with van der Waals surface area (Å²) in [5.74, 6) is 0.730. The van der Waals surface area contributed by atoms with E-state index >= 15 is 0 Å². The molecule has 1 atom stereocenters. The van der Waals surface area contributed by atoms with Gasteiger partial charge < -0.3 is 10.1 Å². The summed E-state index contributed by atoms with van der Waals surface area (Å²) in [6.45, 7) is 7.77. The molecule has 5 nitrogen and oxygen atoms in total. The standard InChI is InChI=1S/C16H26N2O3S/c1-4-7-10-18(6-3)22(19,20)14-8-9-16-15(11-14)17-12-13(5-2)21-16/h8-9,11,13,17H,4-7,10,12H2,1-3H3. The first-order valence-corrected chi connectivity index (χ1v) is 9.51. The molecule has 6 heteroatoms. The van der Waals surface area contributed by atoms with Gasteiger partial charge >= 0.3 is 0 Å². The second kappa shape index (κ2) is 7.33. The van der Waals surface area contributed by atoms with Crippen molar-refractivity contribution in [1.29, 1.82) is 0 Å². The van der Waals surface area contributed by atoms with Crippen LogP contribution in [0.3, 0.4) is 0 Å². The van der Waals surface area contributed by atoms with Crippen LogP contribution in [0.25, 0.3) is 0 Å². The van der Waals surface area contributed by atoms with Gasteiger partial charge in [-0.15, -0.1) is 0 Å². The normalized spacial score (nSPS) is 17.7. The number of benzene rings is 1. The van der Waals surface area contributed by atoms with Crippen molar-refractivity contribution >= 4 is 15.7 Å². The van der Waals surface area contributed by atoms with E-state index in [4.69, 9.17) is 4.74 Å². The number of nitrogens with one attached hydrogen (secondary N) is 1. The van der Waals surface area contributed by atoms with Gasteiger partial charge in [0.1, 0.15) is 11.9 Å². The monoisotopic (exact) mass is 326 g/mol. The van der Waals surface area contributed by atoms with E-state index in [1.807, 2.05) is 6.92 Å². The van der Waals surface area contributed by atoms with Crippen LogP contribution >= 0.6 is 0 Å². The lowest BCUT2D eigenvalue weighted by Gasteiger charge is -2.27. The highest BCUT2D eigenvalue weighted by molar-refractivity contribution is 7.89. The highest BCUT2D eigenvalue weighted by atomic mass is 32.2. The Morgan fingerprint density at radius 2 is 2.09 bits per heavy atom. The number of sulfonamides is 1. The van der Waals surface area contributed by atoms with E-state index in [2.05, 4.69) is 19.2 Å². The van der Waals surface area contributed by atoms with Gasteiger partial charge in [0.2, 0.25) is 10.0 Å². The number of ether oxygens (including phenoxy) is 1. The molecular weight excluding hydrogens is 300 g/mol. The quantitative estimate of drug-likeness (QED) is 0.836. The topological polar surface area (TPSA) is 58.6 Å². The molecule has 0 amide bonds. The van der Waals surface area contributed by atoms with Crippen LogP contribution in [0.15, 0.2) is 23.1 Å². The van der Waals surface area contributed by atoms with Gasteiger partial charge in [0.05, 0.1) is 17.1 Å². The lowest BCUT2D eigenvalue weighted by molar-refractivity contribution is 0.201. The fraction of sp³-hybridized carbons (Fsp3) is 0.625. The number of anilines is 1. The summed E-state index contributed by atoms with van der Waals surface area (Å²) in [5, 5.41) is 3.27. The maximum Gasteiger partial charge on any atom is 0.243 e. The molecule has 0 bridgehead atoms. The van der Waals surface area contributed by atoms with Crippen molar-refractivity contribution in [3.8, 4) is 5.75 Å². The molecule has 1 aromatic carbocycles. The van der Waals surface area contributed by atoms with Crippen molar-refractivity contribution < 1.29 is 13.2 Å². The summed E-state index contributed by atoms with van der Waals surface area (Å²) >= 11 is 0. The van der Waals surface area contributed by atoms with Crippen molar-refractivity contribution in [2.24, 2.45) is 0 Å². The lowest BCUT2D eigenvalue weighted by atomic mass is 10.2. The lowest BCUT2D eigenvalue weighted by Crippen LogP contribution is -2.33. The van der Waals surface area contributed by atoms with Crippen LogP contribution in [0.4, 0.5) is 5.69 Å². The molecule has 0 aliphatic carbocycles. The molecule has 1 heterocycles. The molecule has 0 saturated carbocycles. The van der Waals surface area contributed by atoms with Gasteiger partial charge in [0.15, 0.2) is 0 Å². The Labute approximate surface area is 133 Å². The third-order valence-electron chi connectivity index (χ3n) is 3.97. The predicted octanol–water partition coefficient (Wildman–Crippen LogP) is 3.08. The maximum atomic E-state index is 12.7. The van der Waals surface area contributed by atoms with Crippen LogP contribution < -0.4 is 10.1 Å². The number of rotatable bonds is 7. The summed E-state index contributed by atoms with van der Waals surface area (Å²) in [6.07, 6.45) is 2.92. The molecule has 1 aromatic rings. The average molecular weight is 326 g/mol. The molecule has 22 heavy (non-hydrogen) atoms. The Hall–Kier alpha value is -1.27. The number of unbranched alkanes of at least 4 members (excludes halogenated alkanes) is 1. The fourth-order valence-electron chi connectivity index (χ4n) is 2.51. The first kappa shape index (κ1) is 17.1. The minimum Gasteiger partial charge on any atom is -0.486 e. The minimum absolute atomic E-state index is 0.145. The number of fused-ring (bicyclic) bond motifs is 1. The average Bonchev–Trinajstić information content (AvgIpc) is 2.54. The Balaban J connectivity index is 2.25. The van der Waals surface area contributed by atoms with E-state index in [-0.39, 0.29) is 6.10 Å². The Morgan fingerprint density at radius 1 is 1.32 bits per heavy atom. The largest absolute Gasteiger partial charge is 0.486 e. The Bertz CT molecular complexity index is 601. The molecule has 2 rings (SSSR count). The zero-order valence-electron chi connectivity index (χ0n) is 13.6. The van der Waals surface area contributed by atoms with Crippen molar-refractivity contribution in [3.05, 3.63) is 18.2 Å². The minimum atomic E-state index is -3.44. The van der Waals surface area contributed by atoms with Crippen molar-refractivity contribution in [3.63, 3.8) is 0 Å². The molecule has 1 aliphatic heterocycles. The van der Waals surface area contributed by atoms with E-state index in [0.717, 1.165) is 30.7 Å². The molecule has 0 radical (unpaired) electrons. The zero-order valence-corrected chi connectivity index (χ0v) is 14.4. The molecular formula is C16H26N2O3S. The van der Waals surface area contributed by atoms with Gasteiger partial charge in [-0.25, -0.2) is 8.42 Å². The first-order chi connectivity index (χ1) is 10.5.